The van der Waals surface area contributed by atoms with Crippen LogP contribution >= 0.6 is 0 Å². The van der Waals surface area contributed by atoms with Crippen molar-refractivity contribution >= 4 is 25.8 Å². The van der Waals surface area contributed by atoms with Gasteiger partial charge in [-0.15, -0.1) is 0 Å². The number of likely N-dealkylation sites (N-methyl/N-ethyl adjacent to an activating group) is 2. The molecule has 8 atom stereocenters. The number of carbonyl (C=O) groups excluding carboxylic acids is 1. The van der Waals surface area contributed by atoms with E-state index in [0.717, 1.165) is 38.5 Å². The second-order valence-electron chi connectivity index (χ2n) is 16.6. The van der Waals surface area contributed by atoms with Crippen molar-refractivity contribution in [2.24, 2.45) is 23.7 Å². The van der Waals surface area contributed by atoms with E-state index in [1.807, 2.05) is 36.4 Å². The molecular weight excluding hydrogens is 731 g/mol. The molecule has 0 bridgehead atoms. The molecule has 4 heterocycles. The third-order valence-corrected chi connectivity index (χ3v) is 18.4. The Bertz CT molecular complexity index is 1840. The summed E-state index contributed by atoms with van der Waals surface area (Å²) in [6, 6.07) is 17.0. The lowest BCUT2D eigenvalue weighted by Gasteiger charge is -2.55. The maximum atomic E-state index is 16.0. The Morgan fingerprint density at radius 3 is 1.31 bits per heavy atom. The van der Waals surface area contributed by atoms with Crippen LogP contribution < -0.4 is 0 Å². The Labute approximate surface area is 319 Å². The summed E-state index contributed by atoms with van der Waals surface area (Å²) in [5.41, 5.74) is 2.49. The zero-order valence-electron chi connectivity index (χ0n) is 31.1. The molecule has 8 rings (SSSR count). The Morgan fingerprint density at radius 1 is 0.611 bits per heavy atom. The average Bonchev–Trinajstić information content (AvgIpc) is 3.12. The first kappa shape index (κ1) is 38.1. The number of Topliss-reactive ketones (excluding diaryl/α,β-unsaturated/α-hetero) is 1. The van der Waals surface area contributed by atoms with Gasteiger partial charge in [0, 0.05) is 50.1 Å². The van der Waals surface area contributed by atoms with Gasteiger partial charge in [0.2, 0.25) is 20.0 Å². The van der Waals surface area contributed by atoms with E-state index < -0.39 is 71.9 Å². The van der Waals surface area contributed by atoms with Gasteiger partial charge < -0.3 is 0 Å². The lowest BCUT2D eigenvalue weighted by atomic mass is 9.72. The predicted molar refractivity (Wildman–Crippen MR) is 205 cm³/mol. The Kier molecular flexibility index (Phi) is 10.5. The van der Waals surface area contributed by atoms with Crippen LogP contribution in [0.4, 0.5) is 8.78 Å². The molecule has 0 aromatic heterocycles. The second kappa shape index (κ2) is 14.9. The smallest absolute Gasteiger partial charge is 0.217 e. The first-order valence-electron chi connectivity index (χ1n) is 19.6. The molecular formula is C41H52F2N4O5S2. The number of fused-ring (bicyclic) bond motifs is 2. The van der Waals surface area contributed by atoms with E-state index in [-0.39, 0.29) is 24.9 Å². The highest BCUT2D eigenvalue weighted by molar-refractivity contribution is 7.90. The van der Waals surface area contributed by atoms with E-state index in [9.17, 15) is 21.6 Å². The summed E-state index contributed by atoms with van der Waals surface area (Å²) >= 11 is 0. The molecule has 0 spiro atoms. The van der Waals surface area contributed by atoms with E-state index in [4.69, 9.17) is 0 Å². The van der Waals surface area contributed by atoms with Crippen LogP contribution in [0, 0.1) is 23.7 Å². The molecule has 54 heavy (non-hydrogen) atoms. The molecule has 2 unspecified atom stereocenters. The topological polar surface area (TPSA) is 98.3 Å². The number of carbonyl (C=O) groups is 1. The largest absolute Gasteiger partial charge is 0.295 e. The molecule has 2 aromatic carbocycles. The van der Waals surface area contributed by atoms with Gasteiger partial charge in [-0.1, -0.05) is 60.7 Å². The van der Waals surface area contributed by atoms with Crippen molar-refractivity contribution in [1.82, 2.24) is 18.4 Å². The molecule has 0 N–H and O–H groups in total. The minimum atomic E-state index is -3.68. The fourth-order valence-corrected chi connectivity index (χ4v) is 14.7. The van der Waals surface area contributed by atoms with Crippen molar-refractivity contribution in [2.75, 3.05) is 40.3 Å². The molecule has 9 nitrogen and oxygen atoms in total. The summed E-state index contributed by atoms with van der Waals surface area (Å²) in [7, 11) is -4.13. The van der Waals surface area contributed by atoms with Gasteiger partial charge in [0.25, 0.3) is 0 Å². The van der Waals surface area contributed by atoms with Gasteiger partial charge in [-0.2, -0.15) is 0 Å². The molecule has 2 aromatic rings. The molecule has 0 radical (unpaired) electrons. The van der Waals surface area contributed by atoms with E-state index in [1.54, 1.807) is 32.5 Å². The fraction of sp³-hybridized carbons (Fsp3) is 0.585. The summed E-state index contributed by atoms with van der Waals surface area (Å²) < 4.78 is 90.2. The van der Waals surface area contributed by atoms with Gasteiger partial charge in [-0.05, 0) is 101 Å². The van der Waals surface area contributed by atoms with Crippen molar-refractivity contribution in [3.05, 3.63) is 95.6 Å². The van der Waals surface area contributed by atoms with Crippen molar-refractivity contribution in [2.45, 2.75) is 86.0 Å². The number of nitrogens with zero attached hydrogens (tertiary/aromatic N) is 4. The van der Waals surface area contributed by atoms with Crippen LogP contribution in [-0.2, 0) is 37.7 Å². The van der Waals surface area contributed by atoms with Gasteiger partial charge in [0.1, 0.15) is 23.7 Å². The predicted octanol–water partition coefficient (Wildman–Crippen LogP) is 4.97. The third-order valence-electron chi connectivity index (χ3n) is 13.7. The molecule has 2 saturated carbocycles. The summed E-state index contributed by atoms with van der Waals surface area (Å²) in [6.45, 7) is 1.75. The van der Waals surface area contributed by atoms with Gasteiger partial charge in [-0.25, -0.2) is 34.2 Å². The lowest BCUT2D eigenvalue weighted by molar-refractivity contribution is -0.132. The highest BCUT2D eigenvalue weighted by atomic mass is 32.2. The summed E-state index contributed by atoms with van der Waals surface area (Å²) in [5.74, 6) is -2.54. The third kappa shape index (κ3) is 6.84. The molecule has 0 amide bonds. The van der Waals surface area contributed by atoms with E-state index in [1.165, 1.54) is 23.3 Å². The number of hydrogen-bond acceptors (Lipinski definition) is 7. The van der Waals surface area contributed by atoms with Crippen LogP contribution in [0.3, 0.4) is 0 Å². The number of ketones is 1. The summed E-state index contributed by atoms with van der Waals surface area (Å²) in [4.78, 5) is 17.2. The monoisotopic (exact) mass is 782 g/mol. The summed E-state index contributed by atoms with van der Waals surface area (Å²) in [6.07, 6.45) is 8.04. The molecule has 4 aliphatic heterocycles. The second-order valence-corrected chi connectivity index (χ2v) is 20.9. The van der Waals surface area contributed by atoms with Crippen LogP contribution in [0.25, 0.3) is 0 Å². The van der Waals surface area contributed by atoms with Crippen LogP contribution in [0.2, 0.25) is 0 Å². The first-order chi connectivity index (χ1) is 25.8. The van der Waals surface area contributed by atoms with Crippen LogP contribution in [0.1, 0.15) is 49.7 Å². The van der Waals surface area contributed by atoms with E-state index in [0.29, 0.717) is 38.0 Å². The Morgan fingerprint density at radius 2 is 0.963 bits per heavy atom. The van der Waals surface area contributed by atoms with Crippen LogP contribution in [0.15, 0.2) is 84.5 Å². The quantitative estimate of drug-likeness (QED) is 0.336. The Hall–Kier alpha value is -2.81. The van der Waals surface area contributed by atoms with E-state index >= 15 is 8.78 Å². The number of rotatable bonds is 10. The first-order valence-corrected chi connectivity index (χ1v) is 22.6. The molecule has 4 fully saturated rings. The highest BCUT2D eigenvalue weighted by Gasteiger charge is 2.59. The van der Waals surface area contributed by atoms with Gasteiger partial charge in [0.15, 0.2) is 5.78 Å². The maximum absolute atomic E-state index is 16.0. The standard InChI is InChI=1S/C41H52F2N4O5S2/c1-44-35-25-37(53(49,50)46-17-13-29(14-18-46)21-27-9-5-3-6-10-27)31(35)23-33(42)39(44)41(48)40-34(43)24-32-36(45(40)2)26-38(32)54(51,52)47-19-15-30(16-20-47)22-28-11-7-4-8-12-28/h3-12,23-24,29-32,35-40H,13-22,25-26H2,1-2H3/t31-,32-,35-,36-,37-,38-,39?,40?/m1/s1. The SMILES string of the molecule is CN1C(C(=O)C2C(F)=C[C@@H]3[C@@H](C[C@H]3S(=O)(=O)N3CCC(Cc4ccccc4)CC3)N2C)C(F)=C[C@@H]2[C@H]1C[C@H]2S(=O)(=O)N1CCC(Cc2ccccc2)CC1. The zero-order valence-corrected chi connectivity index (χ0v) is 32.7. The number of hydrogen-bond donors (Lipinski definition) is 0. The number of halogens is 2. The van der Waals surface area contributed by atoms with Gasteiger partial charge in [-0.3, -0.25) is 14.6 Å². The minimum Gasteiger partial charge on any atom is -0.295 e. The number of benzene rings is 2. The maximum Gasteiger partial charge on any atom is 0.217 e. The average molecular weight is 783 g/mol. The van der Waals surface area contributed by atoms with Crippen molar-refractivity contribution in [3.63, 3.8) is 0 Å². The lowest BCUT2D eigenvalue weighted by Crippen LogP contribution is -2.68. The van der Waals surface area contributed by atoms with Crippen molar-refractivity contribution in [3.8, 4) is 0 Å². The fourth-order valence-electron chi connectivity index (χ4n) is 10.3. The van der Waals surface area contributed by atoms with Gasteiger partial charge in [0.05, 0.1) is 10.5 Å². The van der Waals surface area contributed by atoms with Gasteiger partial charge >= 0.3 is 0 Å². The normalized spacial score (nSPS) is 33.5. The molecule has 6 aliphatic rings. The van der Waals surface area contributed by atoms with Crippen molar-refractivity contribution < 1.29 is 30.4 Å². The number of sulfonamides is 2. The molecule has 2 saturated heterocycles. The Balaban J connectivity index is 0.887. The summed E-state index contributed by atoms with van der Waals surface area (Å²) in [5, 5.41) is -1.54. The molecule has 292 valence electrons. The minimum absolute atomic E-state index is 0.271. The van der Waals surface area contributed by atoms with Crippen LogP contribution in [0.5, 0.6) is 0 Å². The highest BCUT2D eigenvalue weighted by Crippen LogP contribution is 2.48. The molecule has 13 heteroatoms. The molecule has 2 aliphatic carbocycles. The van der Waals surface area contributed by atoms with E-state index in [2.05, 4.69) is 24.3 Å². The van der Waals surface area contributed by atoms with Crippen molar-refractivity contribution in [1.29, 1.82) is 0 Å². The van der Waals surface area contributed by atoms with Crippen LogP contribution in [-0.4, -0.2) is 116 Å². The number of piperidine rings is 2. The zero-order chi connectivity index (χ0) is 37.9.